The maximum Gasteiger partial charge on any atom is 0.295 e. The van der Waals surface area contributed by atoms with Crippen LogP contribution in [0.4, 0.5) is 0 Å². The van der Waals surface area contributed by atoms with Crippen molar-refractivity contribution >= 4 is 34.4 Å². The number of thiophene rings is 1. The zero-order valence-corrected chi connectivity index (χ0v) is 17.4. The average Bonchev–Trinajstić information content (AvgIpc) is 3.37. The minimum atomic E-state index is -0.653. The van der Waals surface area contributed by atoms with Crippen LogP contribution in [-0.4, -0.2) is 58.3 Å². The molecule has 150 valence electrons. The number of Topliss-reactive ketones (excluding diaryl/α,β-unsaturated/α-hetero) is 1. The number of likely N-dealkylation sites (tertiary alicyclic amines) is 1. The molecule has 3 aromatic heterocycles. The number of aliphatic hydroxyl groups excluding tert-OH is 1. The number of imidazole rings is 1. The summed E-state index contributed by atoms with van der Waals surface area (Å²) in [6, 6.07) is 8.71. The zero-order valence-electron chi connectivity index (χ0n) is 16.5. The second kappa shape index (κ2) is 7.46. The molecule has 1 aliphatic rings. The first-order valence-corrected chi connectivity index (χ1v) is 10.3. The van der Waals surface area contributed by atoms with Gasteiger partial charge in [-0.2, -0.15) is 0 Å². The number of carbonyl (C=O) groups is 2. The molecule has 0 saturated carbocycles. The van der Waals surface area contributed by atoms with Gasteiger partial charge in [-0.1, -0.05) is 12.1 Å². The Morgan fingerprint density at radius 1 is 1.24 bits per heavy atom. The second-order valence-electron chi connectivity index (χ2n) is 7.44. The van der Waals surface area contributed by atoms with Crippen LogP contribution in [0.3, 0.4) is 0 Å². The summed E-state index contributed by atoms with van der Waals surface area (Å²) in [4.78, 5) is 33.9. The first-order chi connectivity index (χ1) is 13.9. The summed E-state index contributed by atoms with van der Waals surface area (Å²) >= 11 is 1.47. The summed E-state index contributed by atoms with van der Waals surface area (Å²) < 4.78 is 1.74. The molecule has 1 amide bonds. The Kier molecular flexibility index (Phi) is 4.97. The predicted molar refractivity (Wildman–Crippen MR) is 111 cm³/mol. The highest BCUT2D eigenvalue weighted by Crippen LogP contribution is 2.41. The van der Waals surface area contributed by atoms with Gasteiger partial charge in [0.15, 0.2) is 5.76 Å². The molecular weight excluding hydrogens is 388 g/mol. The fourth-order valence-corrected chi connectivity index (χ4v) is 4.57. The van der Waals surface area contributed by atoms with Gasteiger partial charge < -0.3 is 14.9 Å². The number of carbonyl (C=O) groups excluding carboxylic acids is 2. The van der Waals surface area contributed by atoms with E-state index in [2.05, 4.69) is 4.98 Å². The summed E-state index contributed by atoms with van der Waals surface area (Å²) in [5.41, 5.74) is 1.84. The van der Waals surface area contributed by atoms with E-state index in [1.807, 2.05) is 49.8 Å². The van der Waals surface area contributed by atoms with Gasteiger partial charge in [-0.15, -0.1) is 11.3 Å². The van der Waals surface area contributed by atoms with Crippen LogP contribution in [0, 0.1) is 6.92 Å². The Balaban J connectivity index is 1.90. The number of hydrogen-bond acceptors (Lipinski definition) is 5. The van der Waals surface area contributed by atoms with Crippen molar-refractivity contribution in [2.24, 2.45) is 0 Å². The lowest BCUT2D eigenvalue weighted by Crippen LogP contribution is -3.06. The van der Waals surface area contributed by atoms with Gasteiger partial charge >= 0.3 is 0 Å². The van der Waals surface area contributed by atoms with E-state index in [-0.39, 0.29) is 11.3 Å². The van der Waals surface area contributed by atoms with Gasteiger partial charge in [0.25, 0.3) is 11.7 Å². The third-order valence-electron chi connectivity index (χ3n) is 5.13. The summed E-state index contributed by atoms with van der Waals surface area (Å²) in [5, 5.41) is 13.2. The van der Waals surface area contributed by atoms with E-state index in [0.29, 0.717) is 30.1 Å². The van der Waals surface area contributed by atoms with Crippen LogP contribution < -0.4 is 4.90 Å². The van der Waals surface area contributed by atoms with E-state index in [0.717, 1.165) is 4.88 Å². The Morgan fingerprint density at radius 2 is 2.03 bits per heavy atom. The van der Waals surface area contributed by atoms with Crippen molar-refractivity contribution < 1.29 is 19.6 Å². The number of rotatable bonds is 5. The minimum absolute atomic E-state index is 0.125. The topological polar surface area (TPSA) is 79.3 Å². The number of amides is 1. The Morgan fingerprint density at radius 3 is 2.72 bits per heavy atom. The van der Waals surface area contributed by atoms with Crippen molar-refractivity contribution in [1.82, 2.24) is 14.3 Å². The molecule has 0 spiro atoms. The number of nitrogens with zero attached hydrogens (tertiary/aromatic N) is 3. The van der Waals surface area contributed by atoms with E-state index in [9.17, 15) is 14.7 Å². The highest BCUT2D eigenvalue weighted by atomic mass is 32.1. The molecule has 0 aliphatic carbocycles. The smallest absolute Gasteiger partial charge is 0.295 e. The fourth-order valence-electron chi connectivity index (χ4n) is 3.72. The van der Waals surface area contributed by atoms with Crippen molar-refractivity contribution in [1.29, 1.82) is 0 Å². The van der Waals surface area contributed by atoms with Crippen LogP contribution in [0.15, 0.2) is 47.5 Å². The number of ketones is 1. The molecule has 4 rings (SSSR count). The van der Waals surface area contributed by atoms with Crippen LogP contribution in [0.5, 0.6) is 0 Å². The quantitative estimate of drug-likeness (QED) is 0.377. The van der Waals surface area contributed by atoms with E-state index in [4.69, 9.17) is 0 Å². The summed E-state index contributed by atoms with van der Waals surface area (Å²) in [5.74, 6) is -1.41. The largest absolute Gasteiger partial charge is 0.505 e. The van der Waals surface area contributed by atoms with Gasteiger partial charge in [-0.3, -0.25) is 14.0 Å². The van der Waals surface area contributed by atoms with Crippen molar-refractivity contribution in [2.75, 3.05) is 27.2 Å². The Labute approximate surface area is 172 Å². The van der Waals surface area contributed by atoms with Gasteiger partial charge in [-0.25, -0.2) is 4.98 Å². The third-order valence-corrected chi connectivity index (χ3v) is 6.06. The lowest BCUT2D eigenvalue weighted by molar-refractivity contribution is -0.857. The molecule has 8 heteroatoms. The number of likely N-dealkylation sites (N-methyl/N-ethyl adjacent to an activating group) is 1. The molecule has 0 unspecified atom stereocenters. The van der Waals surface area contributed by atoms with Crippen molar-refractivity contribution in [3.63, 3.8) is 0 Å². The van der Waals surface area contributed by atoms with Crippen LogP contribution >= 0.6 is 11.3 Å². The first-order valence-electron chi connectivity index (χ1n) is 9.45. The highest BCUT2D eigenvalue weighted by molar-refractivity contribution is 7.10. The molecule has 0 bridgehead atoms. The van der Waals surface area contributed by atoms with Gasteiger partial charge in [0.1, 0.15) is 11.3 Å². The van der Waals surface area contributed by atoms with E-state index in [1.165, 1.54) is 16.2 Å². The van der Waals surface area contributed by atoms with Crippen molar-refractivity contribution in [3.05, 3.63) is 63.7 Å². The zero-order chi connectivity index (χ0) is 20.7. The number of aliphatic hydroxyl groups is 1. The summed E-state index contributed by atoms with van der Waals surface area (Å²) in [6.45, 7) is 2.91. The summed E-state index contributed by atoms with van der Waals surface area (Å²) in [7, 11) is 4.00. The summed E-state index contributed by atoms with van der Waals surface area (Å²) in [6.07, 6.45) is 1.79. The van der Waals surface area contributed by atoms with Crippen LogP contribution in [0.2, 0.25) is 0 Å². The molecule has 0 radical (unpaired) electrons. The standard InChI is InChI=1S/C21H22N4O3S/c1-13-17(24-9-5-4-8-15(24)22-13)19(26)16-18(14-7-6-12-29-14)25(11-10-23(2)3)21(28)20(16)27/h4-9,12,18,26H,10-11H2,1-3H3/p+1/t18-/m1/s1. The monoisotopic (exact) mass is 411 g/mol. The number of fused-ring (bicyclic) bond motifs is 1. The van der Waals surface area contributed by atoms with Gasteiger partial charge in [0.05, 0.1) is 44.5 Å². The predicted octanol–water partition coefficient (Wildman–Crippen LogP) is 1.27. The number of pyridine rings is 1. The Hall–Kier alpha value is -2.97. The molecule has 0 aromatic carbocycles. The normalized spacial score (nSPS) is 19.0. The van der Waals surface area contributed by atoms with Gasteiger partial charge in [-0.05, 0) is 30.5 Å². The molecule has 1 aliphatic heterocycles. The molecule has 1 saturated heterocycles. The highest BCUT2D eigenvalue weighted by Gasteiger charge is 2.47. The maximum atomic E-state index is 13.0. The van der Waals surface area contributed by atoms with Gasteiger partial charge in [0.2, 0.25) is 0 Å². The second-order valence-corrected chi connectivity index (χ2v) is 8.42. The fraction of sp³-hybridized carbons (Fsp3) is 0.286. The van der Waals surface area contributed by atoms with Gasteiger partial charge in [0, 0.05) is 11.1 Å². The molecule has 2 N–H and O–H groups in total. The van der Waals surface area contributed by atoms with Crippen LogP contribution in [0.1, 0.15) is 22.3 Å². The first kappa shape index (κ1) is 19.4. The van der Waals surface area contributed by atoms with E-state index < -0.39 is 17.7 Å². The molecule has 1 fully saturated rings. The molecule has 1 atom stereocenters. The number of hydrogen-bond donors (Lipinski definition) is 2. The van der Waals surface area contributed by atoms with Crippen LogP contribution in [0.25, 0.3) is 11.4 Å². The number of nitrogens with one attached hydrogen (secondary N) is 1. The van der Waals surface area contributed by atoms with E-state index in [1.54, 1.807) is 22.4 Å². The van der Waals surface area contributed by atoms with Crippen LogP contribution in [-0.2, 0) is 9.59 Å². The number of aryl methyl sites for hydroxylation is 1. The minimum Gasteiger partial charge on any atom is -0.505 e. The Bertz CT molecular complexity index is 1110. The molecule has 3 aromatic rings. The van der Waals surface area contributed by atoms with E-state index >= 15 is 0 Å². The number of aromatic nitrogens is 2. The van der Waals surface area contributed by atoms with Crippen molar-refractivity contribution in [2.45, 2.75) is 13.0 Å². The number of quaternary nitrogens is 1. The SMILES string of the molecule is Cc1nc2ccccn2c1C(O)=C1C(=O)C(=O)N(CC[NH+](C)C)[C@@H]1c1cccs1. The molecule has 4 heterocycles. The lowest BCUT2D eigenvalue weighted by atomic mass is 10.0. The molecule has 7 nitrogen and oxygen atoms in total. The molecule has 29 heavy (non-hydrogen) atoms. The lowest BCUT2D eigenvalue weighted by Gasteiger charge is -2.24. The average molecular weight is 412 g/mol. The molecular formula is C21H23N4O3S+. The van der Waals surface area contributed by atoms with Crippen molar-refractivity contribution in [3.8, 4) is 0 Å². The maximum absolute atomic E-state index is 13.0. The third kappa shape index (κ3) is 3.24.